The van der Waals surface area contributed by atoms with Gasteiger partial charge in [-0.1, -0.05) is 12.1 Å². The number of aryl methyl sites for hydroxylation is 1. The third kappa shape index (κ3) is 6.93. The molecule has 0 saturated carbocycles. The van der Waals surface area contributed by atoms with E-state index in [1.54, 1.807) is 13.0 Å². The van der Waals surface area contributed by atoms with Crippen molar-refractivity contribution in [2.24, 2.45) is 4.99 Å². The molecule has 0 spiro atoms. The van der Waals surface area contributed by atoms with Crippen LogP contribution in [0.2, 0.25) is 0 Å². The molecule has 0 heterocycles. The molecular formula is C18H32FIN4. The largest absolute Gasteiger partial charge is 0.357 e. The van der Waals surface area contributed by atoms with E-state index in [4.69, 9.17) is 0 Å². The van der Waals surface area contributed by atoms with Crippen molar-refractivity contribution in [1.82, 2.24) is 15.5 Å². The topological polar surface area (TPSA) is 39.7 Å². The zero-order valence-corrected chi connectivity index (χ0v) is 18.2. The van der Waals surface area contributed by atoms with Crippen molar-refractivity contribution in [3.05, 3.63) is 35.1 Å². The second-order valence-electron chi connectivity index (χ2n) is 6.78. The maximum absolute atomic E-state index is 13.7. The minimum Gasteiger partial charge on any atom is -0.357 e. The molecule has 0 fully saturated rings. The molecule has 0 bridgehead atoms. The minimum absolute atomic E-state index is 0. The number of rotatable bonds is 6. The highest BCUT2D eigenvalue weighted by Crippen LogP contribution is 2.16. The van der Waals surface area contributed by atoms with Gasteiger partial charge in [0.1, 0.15) is 5.82 Å². The molecule has 0 amide bonds. The number of nitrogens with zero attached hydrogens (tertiary/aromatic N) is 2. The van der Waals surface area contributed by atoms with Crippen LogP contribution in [0.15, 0.2) is 23.2 Å². The summed E-state index contributed by atoms with van der Waals surface area (Å²) in [5.41, 5.74) is 1.54. The molecule has 4 nitrogen and oxygen atoms in total. The first kappa shape index (κ1) is 23.1. The summed E-state index contributed by atoms with van der Waals surface area (Å²) in [7, 11) is 4.10. The fraction of sp³-hybridized carbons (Fsp3) is 0.611. The van der Waals surface area contributed by atoms with Gasteiger partial charge in [-0.3, -0.25) is 4.99 Å². The number of hydrogen-bond donors (Lipinski definition) is 2. The molecule has 0 saturated heterocycles. The second kappa shape index (κ2) is 10.2. The average Bonchev–Trinajstić information content (AvgIpc) is 2.47. The molecule has 2 N–H and O–H groups in total. The molecule has 1 atom stereocenters. The molecule has 0 aliphatic carbocycles. The maximum Gasteiger partial charge on any atom is 0.191 e. The van der Waals surface area contributed by atoms with E-state index in [0.29, 0.717) is 12.1 Å². The number of hydrogen-bond acceptors (Lipinski definition) is 2. The van der Waals surface area contributed by atoms with Crippen molar-refractivity contribution in [3.63, 3.8) is 0 Å². The standard InChI is InChI=1S/C18H31FN4.HI/c1-8-20-17(21-12-18(4,5)23(6)7)22-14(3)15-10-9-13(2)16(19)11-15;/h9-11,14H,8,12H2,1-7H3,(H2,20,21,22);1H. The average molecular weight is 450 g/mol. The number of benzene rings is 1. The molecule has 24 heavy (non-hydrogen) atoms. The van der Waals surface area contributed by atoms with Crippen molar-refractivity contribution in [1.29, 1.82) is 0 Å². The highest BCUT2D eigenvalue weighted by Gasteiger charge is 2.20. The van der Waals surface area contributed by atoms with E-state index in [0.717, 1.165) is 18.1 Å². The van der Waals surface area contributed by atoms with Gasteiger partial charge in [-0.05, 0) is 65.9 Å². The van der Waals surface area contributed by atoms with E-state index in [1.165, 1.54) is 0 Å². The van der Waals surface area contributed by atoms with Gasteiger partial charge in [0.05, 0.1) is 12.6 Å². The summed E-state index contributed by atoms with van der Waals surface area (Å²) in [6.07, 6.45) is 0. The van der Waals surface area contributed by atoms with Crippen molar-refractivity contribution in [2.75, 3.05) is 27.2 Å². The molecule has 0 aliphatic heterocycles. The van der Waals surface area contributed by atoms with Crippen LogP contribution in [0.1, 0.15) is 44.9 Å². The second-order valence-corrected chi connectivity index (χ2v) is 6.78. The molecule has 1 unspecified atom stereocenters. The third-order valence-electron chi connectivity index (χ3n) is 4.23. The van der Waals surface area contributed by atoms with Crippen LogP contribution in [-0.2, 0) is 0 Å². The maximum atomic E-state index is 13.7. The van der Waals surface area contributed by atoms with E-state index in [-0.39, 0.29) is 41.4 Å². The van der Waals surface area contributed by atoms with Gasteiger partial charge in [-0.25, -0.2) is 4.39 Å². The summed E-state index contributed by atoms with van der Waals surface area (Å²) >= 11 is 0. The van der Waals surface area contributed by atoms with Gasteiger partial charge < -0.3 is 15.5 Å². The number of aliphatic imine (C=N–C) groups is 1. The van der Waals surface area contributed by atoms with E-state index < -0.39 is 0 Å². The SMILES string of the molecule is CCNC(=NCC(C)(C)N(C)C)NC(C)c1ccc(C)c(F)c1.I. The van der Waals surface area contributed by atoms with Gasteiger partial charge in [0, 0.05) is 12.1 Å². The van der Waals surface area contributed by atoms with Crippen LogP contribution < -0.4 is 10.6 Å². The zero-order valence-electron chi connectivity index (χ0n) is 15.9. The first-order valence-electron chi connectivity index (χ1n) is 8.15. The van der Waals surface area contributed by atoms with Crippen LogP contribution in [0.3, 0.4) is 0 Å². The normalized spacial score (nSPS) is 13.5. The Morgan fingerprint density at radius 2 is 1.96 bits per heavy atom. The van der Waals surface area contributed by atoms with Crippen LogP contribution in [0.25, 0.3) is 0 Å². The van der Waals surface area contributed by atoms with Crippen LogP contribution >= 0.6 is 24.0 Å². The molecule has 138 valence electrons. The highest BCUT2D eigenvalue weighted by molar-refractivity contribution is 14.0. The molecule has 1 rings (SSSR count). The van der Waals surface area contributed by atoms with Crippen molar-refractivity contribution in [2.45, 2.75) is 46.2 Å². The Labute approximate surface area is 163 Å². The van der Waals surface area contributed by atoms with Crippen molar-refractivity contribution in [3.8, 4) is 0 Å². The lowest BCUT2D eigenvalue weighted by Gasteiger charge is -2.31. The summed E-state index contributed by atoms with van der Waals surface area (Å²) in [6.45, 7) is 11.6. The fourth-order valence-electron chi connectivity index (χ4n) is 1.90. The van der Waals surface area contributed by atoms with E-state index >= 15 is 0 Å². The summed E-state index contributed by atoms with van der Waals surface area (Å²) in [5.74, 6) is 0.572. The predicted octanol–water partition coefficient (Wildman–Crippen LogP) is 3.71. The predicted molar refractivity (Wildman–Crippen MR) is 112 cm³/mol. The van der Waals surface area contributed by atoms with E-state index in [9.17, 15) is 4.39 Å². The van der Waals surface area contributed by atoms with Crippen LogP contribution in [0, 0.1) is 12.7 Å². The lowest BCUT2D eigenvalue weighted by Crippen LogP contribution is -2.44. The quantitative estimate of drug-likeness (QED) is 0.395. The molecule has 0 aliphatic rings. The van der Waals surface area contributed by atoms with Crippen molar-refractivity contribution < 1.29 is 4.39 Å². The smallest absolute Gasteiger partial charge is 0.191 e. The minimum atomic E-state index is -0.174. The van der Waals surface area contributed by atoms with E-state index in [2.05, 4.69) is 34.4 Å². The van der Waals surface area contributed by atoms with Gasteiger partial charge in [0.2, 0.25) is 0 Å². The Kier molecular flexibility index (Phi) is 9.80. The van der Waals surface area contributed by atoms with E-state index in [1.807, 2.05) is 40.1 Å². The summed E-state index contributed by atoms with van der Waals surface area (Å²) in [6, 6.07) is 5.32. The number of likely N-dealkylation sites (N-methyl/N-ethyl adjacent to an activating group) is 1. The molecule has 0 aromatic heterocycles. The first-order chi connectivity index (χ1) is 10.7. The zero-order chi connectivity index (χ0) is 17.6. The molecule has 6 heteroatoms. The van der Waals surface area contributed by atoms with Gasteiger partial charge in [-0.2, -0.15) is 0 Å². The lowest BCUT2D eigenvalue weighted by atomic mass is 10.1. The van der Waals surface area contributed by atoms with Crippen LogP contribution in [0.5, 0.6) is 0 Å². The number of guanidine groups is 1. The summed E-state index contributed by atoms with van der Waals surface area (Å²) in [4.78, 5) is 6.82. The van der Waals surface area contributed by atoms with Crippen LogP contribution in [-0.4, -0.2) is 43.6 Å². The Morgan fingerprint density at radius 3 is 2.46 bits per heavy atom. The Bertz CT molecular complexity index is 544. The van der Waals surface area contributed by atoms with Gasteiger partial charge in [-0.15, -0.1) is 24.0 Å². The van der Waals surface area contributed by atoms with Crippen molar-refractivity contribution >= 4 is 29.9 Å². The Hall–Kier alpha value is -0.890. The molecule has 0 radical (unpaired) electrons. The first-order valence-corrected chi connectivity index (χ1v) is 8.15. The van der Waals surface area contributed by atoms with Gasteiger partial charge in [0.15, 0.2) is 5.96 Å². The summed E-state index contributed by atoms with van der Waals surface area (Å²) < 4.78 is 13.7. The fourth-order valence-corrected chi connectivity index (χ4v) is 1.90. The number of halogens is 2. The highest BCUT2D eigenvalue weighted by atomic mass is 127. The van der Waals surface area contributed by atoms with Gasteiger partial charge >= 0.3 is 0 Å². The van der Waals surface area contributed by atoms with Crippen LogP contribution in [0.4, 0.5) is 4.39 Å². The Morgan fingerprint density at radius 1 is 1.33 bits per heavy atom. The monoisotopic (exact) mass is 450 g/mol. The molecule has 1 aromatic carbocycles. The molecular weight excluding hydrogens is 418 g/mol. The number of nitrogens with one attached hydrogen (secondary N) is 2. The summed E-state index contributed by atoms with van der Waals surface area (Å²) in [5, 5.41) is 6.59. The van der Waals surface area contributed by atoms with Gasteiger partial charge in [0.25, 0.3) is 0 Å². The Balaban J connectivity index is 0.00000529. The lowest BCUT2D eigenvalue weighted by molar-refractivity contribution is 0.204. The third-order valence-corrected chi connectivity index (χ3v) is 4.23. The molecule has 1 aromatic rings.